The Hall–Kier alpha value is -0.140. The minimum atomic E-state index is -0.386. The largest absolute Gasteiger partial charge is 0.354 e. The van der Waals surface area contributed by atoms with Crippen molar-refractivity contribution in [2.24, 2.45) is 11.7 Å². The molecule has 0 aliphatic rings. The summed E-state index contributed by atoms with van der Waals surface area (Å²) in [5, 5.41) is 2.90. The highest BCUT2D eigenvalue weighted by Crippen LogP contribution is 2.18. The maximum atomic E-state index is 11.7. The van der Waals surface area contributed by atoms with E-state index < -0.39 is 0 Å². The molecule has 96 valence electrons. The molecule has 0 radical (unpaired) electrons. The second-order valence-corrected chi connectivity index (χ2v) is 7.22. The maximum absolute atomic E-state index is 11.7. The van der Waals surface area contributed by atoms with E-state index in [1.807, 2.05) is 13.8 Å². The van der Waals surface area contributed by atoms with Gasteiger partial charge in [-0.15, -0.1) is 11.3 Å². The van der Waals surface area contributed by atoms with E-state index in [-0.39, 0.29) is 17.9 Å². The molecule has 0 saturated carbocycles. The second kappa shape index (κ2) is 7.33. The van der Waals surface area contributed by atoms with E-state index in [2.05, 4.69) is 40.0 Å². The molecule has 3 nitrogen and oxygen atoms in total. The lowest BCUT2D eigenvalue weighted by atomic mass is 9.99. The van der Waals surface area contributed by atoms with Gasteiger partial charge in [0.05, 0.1) is 8.93 Å². The summed E-state index contributed by atoms with van der Waals surface area (Å²) in [6.45, 7) is 4.72. The number of nitrogens with one attached hydrogen (secondary N) is 1. The molecule has 5 heteroatoms. The van der Waals surface area contributed by atoms with Crippen LogP contribution in [0.4, 0.5) is 0 Å². The lowest BCUT2D eigenvalue weighted by Crippen LogP contribution is -2.45. The Bertz CT molecular complexity index is 367. The van der Waals surface area contributed by atoms with Crippen molar-refractivity contribution in [1.82, 2.24) is 5.32 Å². The number of carbonyl (C=O) groups is 1. The van der Waals surface area contributed by atoms with Crippen LogP contribution in [0.1, 0.15) is 25.1 Å². The first-order valence-electron chi connectivity index (χ1n) is 5.82. The highest BCUT2D eigenvalue weighted by molar-refractivity contribution is 14.1. The summed E-state index contributed by atoms with van der Waals surface area (Å²) in [7, 11) is 0. The molecule has 0 bridgehead atoms. The number of hydrogen-bond acceptors (Lipinski definition) is 3. The zero-order valence-electron chi connectivity index (χ0n) is 10.2. The quantitative estimate of drug-likeness (QED) is 0.760. The average Bonchev–Trinajstić information content (AvgIpc) is 2.72. The summed E-state index contributed by atoms with van der Waals surface area (Å²) in [5.41, 5.74) is 5.84. The van der Waals surface area contributed by atoms with Crippen LogP contribution in [-0.4, -0.2) is 18.5 Å². The Labute approximate surface area is 120 Å². The van der Waals surface area contributed by atoms with Crippen LogP contribution in [0.2, 0.25) is 0 Å². The van der Waals surface area contributed by atoms with Crippen molar-refractivity contribution < 1.29 is 4.79 Å². The van der Waals surface area contributed by atoms with E-state index in [1.54, 1.807) is 11.3 Å². The maximum Gasteiger partial charge on any atom is 0.237 e. The lowest BCUT2D eigenvalue weighted by Gasteiger charge is -2.17. The molecule has 0 aromatic carbocycles. The van der Waals surface area contributed by atoms with E-state index in [4.69, 9.17) is 5.73 Å². The standard InChI is InChI=1S/C12H19IN2OS/c1-3-8(2)11(14)12(16)15-7-6-9-4-5-10(13)17-9/h4-5,8,11H,3,6-7,14H2,1-2H3,(H,15,16). The van der Waals surface area contributed by atoms with E-state index in [1.165, 1.54) is 7.76 Å². The van der Waals surface area contributed by atoms with Crippen LogP contribution in [0.25, 0.3) is 0 Å². The molecule has 0 saturated heterocycles. The van der Waals surface area contributed by atoms with Crippen molar-refractivity contribution in [2.45, 2.75) is 32.7 Å². The number of thiophene rings is 1. The van der Waals surface area contributed by atoms with Crippen LogP contribution in [0.5, 0.6) is 0 Å². The third-order valence-corrected chi connectivity index (χ3v) is 4.81. The van der Waals surface area contributed by atoms with Crippen molar-refractivity contribution >= 4 is 39.8 Å². The van der Waals surface area contributed by atoms with Crippen LogP contribution < -0.4 is 11.1 Å². The second-order valence-electron chi connectivity index (χ2n) is 4.16. The van der Waals surface area contributed by atoms with Gasteiger partial charge >= 0.3 is 0 Å². The highest BCUT2D eigenvalue weighted by atomic mass is 127. The van der Waals surface area contributed by atoms with Crippen LogP contribution in [-0.2, 0) is 11.2 Å². The van der Waals surface area contributed by atoms with Gasteiger partial charge in [0.15, 0.2) is 0 Å². The molecule has 3 N–H and O–H groups in total. The number of nitrogens with two attached hydrogens (primary N) is 1. The third kappa shape index (κ3) is 4.93. The van der Waals surface area contributed by atoms with Gasteiger partial charge in [-0.1, -0.05) is 20.3 Å². The summed E-state index contributed by atoms with van der Waals surface area (Å²) < 4.78 is 1.28. The first-order chi connectivity index (χ1) is 8.04. The predicted octanol–water partition coefficient (Wildman–Crippen LogP) is 2.38. The molecule has 0 spiro atoms. The van der Waals surface area contributed by atoms with Gasteiger partial charge in [0, 0.05) is 11.4 Å². The molecule has 1 heterocycles. The van der Waals surface area contributed by atoms with Crippen molar-refractivity contribution in [2.75, 3.05) is 6.54 Å². The Morgan fingerprint density at radius 1 is 1.59 bits per heavy atom. The number of amides is 1. The minimum Gasteiger partial charge on any atom is -0.354 e. The number of halogens is 1. The van der Waals surface area contributed by atoms with E-state index >= 15 is 0 Å². The first-order valence-corrected chi connectivity index (χ1v) is 7.71. The van der Waals surface area contributed by atoms with Crippen LogP contribution in [0.3, 0.4) is 0 Å². The minimum absolute atomic E-state index is 0.0365. The molecule has 2 unspecified atom stereocenters. The average molecular weight is 366 g/mol. The van der Waals surface area contributed by atoms with E-state index in [0.717, 1.165) is 12.8 Å². The normalized spacial score (nSPS) is 14.4. The van der Waals surface area contributed by atoms with Crippen molar-refractivity contribution in [3.63, 3.8) is 0 Å². The molecule has 1 aromatic rings. The van der Waals surface area contributed by atoms with E-state index in [0.29, 0.717) is 6.54 Å². The van der Waals surface area contributed by atoms with Crippen LogP contribution in [0.15, 0.2) is 12.1 Å². The van der Waals surface area contributed by atoms with E-state index in [9.17, 15) is 4.79 Å². The smallest absolute Gasteiger partial charge is 0.237 e. The molecule has 0 fully saturated rings. The van der Waals surface area contributed by atoms with Crippen molar-refractivity contribution in [3.05, 3.63) is 19.9 Å². The highest BCUT2D eigenvalue weighted by Gasteiger charge is 2.18. The van der Waals surface area contributed by atoms with Gasteiger partial charge in [-0.05, 0) is 47.1 Å². The van der Waals surface area contributed by atoms with Crippen molar-refractivity contribution in [3.8, 4) is 0 Å². The molecule has 1 rings (SSSR count). The number of carbonyl (C=O) groups excluding carboxylic acids is 1. The van der Waals surface area contributed by atoms with Gasteiger partial charge in [0.25, 0.3) is 0 Å². The van der Waals surface area contributed by atoms with Gasteiger partial charge in [-0.25, -0.2) is 0 Å². The zero-order valence-corrected chi connectivity index (χ0v) is 13.2. The summed E-state index contributed by atoms with van der Waals surface area (Å²) in [5.74, 6) is 0.197. The SMILES string of the molecule is CCC(C)C(N)C(=O)NCCc1ccc(I)s1. The molecule has 1 aromatic heterocycles. The molecular formula is C12H19IN2OS. The van der Waals surface area contributed by atoms with Gasteiger partial charge in [-0.3, -0.25) is 4.79 Å². The summed E-state index contributed by atoms with van der Waals surface area (Å²) in [6, 6.07) is 3.81. The predicted molar refractivity (Wildman–Crippen MR) is 81.2 cm³/mol. The molecule has 0 aliphatic carbocycles. The molecule has 0 aliphatic heterocycles. The van der Waals surface area contributed by atoms with Crippen molar-refractivity contribution in [1.29, 1.82) is 0 Å². The fourth-order valence-corrected chi connectivity index (χ4v) is 3.18. The molecular weight excluding hydrogens is 347 g/mol. The summed E-state index contributed by atoms with van der Waals surface area (Å²) in [6.07, 6.45) is 1.81. The molecule has 17 heavy (non-hydrogen) atoms. The number of rotatable bonds is 6. The fraction of sp³-hybridized carbons (Fsp3) is 0.583. The lowest BCUT2D eigenvalue weighted by molar-refractivity contribution is -0.123. The Morgan fingerprint density at radius 2 is 2.29 bits per heavy atom. The Kier molecular flexibility index (Phi) is 6.43. The third-order valence-electron chi connectivity index (χ3n) is 2.86. The van der Waals surface area contributed by atoms with Gasteiger partial charge in [0.2, 0.25) is 5.91 Å². The van der Waals surface area contributed by atoms with Crippen LogP contribution >= 0.6 is 33.9 Å². The zero-order chi connectivity index (χ0) is 12.8. The first kappa shape index (κ1) is 14.9. The van der Waals surface area contributed by atoms with Gasteiger partial charge < -0.3 is 11.1 Å². The monoisotopic (exact) mass is 366 g/mol. The fourth-order valence-electron chi connectivity index (χ4n) is 1.43. The van der Waals surface area contributed by atoms with Crippen LogP contribution in [0, 0.1) is 8.80 Å². The Morgan fingerprint density at radius 3 is 2.82 bits per heavy atom. The molecule has 1 amide bonds. The number of hydrogen-bond donors (Lipinski definition) is 2. The van der Waals surface area contributed by atoms with Gasteiger partial charge in [0.1, 0.15) is 0 Å². The topological polar surface area (TPSA) is 55.1 Å². The Balaban J connectivity index is 2.29. The summed E-state index contributed by atoms with van der Waals surface area (Å²) >= 11 is 4.06. The molecule has 2 atom stereocenters. The summed E-state index contributed by atoms with van der Waals surface area (Å²) in [4.78, 5) is 13.0. The van der Waals surface area contributed by atoms with Gasteiger partial charge in [-0.2, -0.15) is 0 Å².